The summed E-state index contributed by atoms with van der Waals surface area (Å²) in [5.41, 5.74) is 12.3. The summed E-state index contributed by atoms with van der Waals surface area (Å²) in [6, 6.07) is 49.1. The first-order valence-corrected chi connectivity index (χ1v) is 16.1. The molecule has 3 heterocycles. The lowest BCUT2D eigenvalue weighted by molar-refractivity contribution is 0.657. The molecule has 0 aliphatic heterocycles. The second kappa shape index (κ2) is 9.51. The fourth-order valence-electron chi connectivity index (χ4n) is 7.88. The number of hydrogen-bond acceptors (Lipinski definition) is 3. The summed E-state index contributed by atoms with van der Waals surface area (Å²) in [4.78, 5) is 10.7. The van der Waals surface area contributed by atoms with E-state index in [2.05, 4.69) is 134 Å². The highest BCUT2D eigenvalue weighted by atomic mass is 16.3. The fourth-order valence-corrected chi connectivity index (χ4v) is 7.88. The van der Waals surface area contributed by atoms with Gasteiger partial charge in [0.1, 0.15) is 5.58 Å². The third-order valence-corrected chi connectivity index (χ3v) is 10.0. The van der Waals surface area contributed by atoms with Crippen molar-refractivity contribution in [1.29, 1.82) is 0 Å². The first-order valence-electron chi connectivity index (χ1n) is 16.1. The van der Waals surface area contributed by atoms with Crippen molar-refractivity contribution in [2.24, 2.45) is 0 Å². The molecule has 1 aliphatic carbocycles. The van der Waals surface area contributed by atoms with Gasteiger partial charge in [0.25, 0.3) is 0 Å². The summed E-state index contributed by atoms with van der Waals surface area (Å²) in [6.07, 6.45) is 0. The maximum absolute atomic E-state index is 6.68. The lowest BCUT2D eigenvalue weighted by atomic mass is 9.80. The van der Waals surface area contributed by atoms with Crippen molar-refractivity contribution in [3.05, 3.63) is 151 Å². The van der Waals surface area contributed by atoms with Crippen molar-refractivity contribution in [3.63, 3.8) is 0 Å². The average Bonchev–Trinajstić information content (AvgIpc) is 3.74. The van der Waals surface area contributed by atoms with Gasteiger partial charge in [-0.05, 0) is 29.8 Å². The molecule has 4 heteroatoms. The van der Waals surface area contributed by atoms with Gasteiger partial charge in [-0.3, -0.25) is 0 Å². The van der Waals surface area contributed by atoms with E-state index >= 15 is 0 Å². The average molecular weight is 604 g/mol. The van der Waals surface area contributed by atoms with Crippen molar-refractivity contribution in [2.75, 3.05) is 0 Å². The minimum Gasteiger partial charge on any atom is -0.454 e. The second-order valence-corrected chi connectivity index (χ2v) is 13.0. The van der Waals surface area contributed by atoms with E-state index in [0.29, 0.717) is 0 Å². The van der Waals surface area contributed by atoms with E-state index in [-0.39, 0.29) is 5.41 Å². The van der Waals surface area contributed by atoms with E-state index in [9.17, 15) is 0 Å². The first kappa shape index (κ1) is 26.2. The monoisotopic (exact) mass is 603 g/mol. The molecule has 222 valence electrons. The van der Waals surface area contributed by atoms with Gasteiger partial charge in [0.15, 0.2) is 11.4 Å². The van der Waals surface area contributed by atoms with Crippen LogP contribution in [0.5, 0.6) is 0 Å². The Morgan fingerprint density at radius 2 is 1.19 bits per heavy atom. The van der Waals surface area contributed by atoms with Crippen molar-refractivity contribution in [1.82, 2.24) is 14.5 Å². The predicted octanol–water partition coefficient (Wildman–Crippen LogP) is 11.1. The zero-order valence-corrected chi connectivity index (χ0v) is 26.0. The van der Waals surface area contributed by atoms with Crippen LogP contribution in [0, 0.1) is 0 Å². The summed E-state index contributed by atoms with van der Waals surface area (Å²) in [6.45, 7) is 4.60. The molecule has 6 aromatic carbocycles. The van der Waals surface area contributed by atoms with Gasteiger partial charge in [0.2, 0.25) is 0 Å². The largest absolute Gasteiger partial charge is 0.454 e. The molecule has 0 radical (unpaired) electrons. The summed E-state index contributed by atoms with van der Waals surface area (Å²) in [5, 5.41) is 4.58. The molecule has 47 heavy (non-hydrogen) atoms. The van der Waals surface area contributed by atoms with Crippen LogP contribution in [0.3, 0.4) is 0 Å². The molecule has 0 saturated carbocycles. The van der Waals surface area contributed by atoms with E-state index in [4.69, 9.17) is 14.4 Å². The number of rotatable bonds is 3. The van der Waals surface area contributed by atoms with Crippen LogP contribution in [0.2, 0.25) is 0 Å². The summed E-state index contributed by atoms with van der Waals surface area (Å²) >= 11 is 0. The van der Waals surface area contributed by atoms with Crippen molar-refractivity contribution in [2.45, 2.75) is 19.3 Å². The number of benzene rings is 6. The van der Waals surface area contributed by atoms with Crippen LogP contribution in [0.15, 0.2) is 144 Å². The van der Waals surface area contributed by atoms with E-state index in [1.807, 2.05) is 24.3 Å². The molecule has 9 aromatic rings. The molecule has 0 N–H and O–H groups in total. The van der Waals surface area contributed by atoms with Crippen LogP contribution < -0.4 is 0 Å². The van der Waals surface area contributed by atoms with Gasteiger partial charge in [-0.1, -0.05) is 129 Å². The predicted molar refractivity (Wildman–Crippen MR) is 192 cm³/mol. The lowest BCUT2D eigenvalue weighted by Crippen LogP contribution is -2.18. The van der Waals surface area contributed by atoms with Crippen molar-refractivity contribution < 1.29 is 4.42 Å². The third-order valence-electron chi connectivity index (χ3n) is 10.0. The van der Waals surface area contributed by atoms with Crippen LogP contribution in [0.25, 0.3) is 83.3 Å². The molecule has 0 bridgehead atoms. The van der Waals surface area contributed by atoms with E-state index in [1.54, 1.807) is 0 Å². The molecule has 0 fully saturated rings. The number of aromatic nitrogens is 3. The Morgan fingerprint density at radius 3 is 2.04 bits per heavy atom. The lowest BCUT2D eigenvalue weighted by Gasteiger charge is -2.25. The standard InChI is InChI=1S/C43H29N3O/c1-43(2)33-20-10-6-18-31(33)38-37(43)39(45-42(44-38)26-14-4-3-5-15-26)32-19-8-12-22-35(32)46-34-21-11-7-16-27(34)29-24-25-30-28-17-9-13-23-36(28)47-41(30)40(29)46/h3-25H,1-2H3. The maximum atomic E-state index is 6.68. The molecule has 10 rings (SSSR count). The minimum absolute atomic E-state index is 0.295. The highest BCUT2D eigenvalue weighted by Crippen LogP contribution is 2.52. The maximum Gasteiger partial charge on any atom is 0.160 e. The number of nitrogens with zero attached hydrogens (tertiary/aromatic N) is 3. The first-order chi connectivity index (χ1) is 23.1. The van der Waals surface area contributed by atoms with Crippen LogP contribution in [-0.2, 0) is 5.41 Å². The minimum atomic E-state index is -0.295. The Labute approximate surface area is 271 Å². The highest BCUT2D eigenvalue weighted by molar-refractivity contribution is 6.21. The van der Waals surface area contributed by atoms with Crippen LogP contribution in [0.4, 0.5) is 0 Å². The van der Waals surface area contributed by atoms with Gasteiger partial charge < -0.3 is 8.98 Å². The normalized spacial score (nSPS) is 13.5. The molecule has 0 atom stereocenters. The molecule has 4 nitrogen and oxygen atoms in total. The van der Waals surface area contributed by atoms with Crippen LogP contribution in [-0.4, -0.2) is 14.5 Å². The number of para-hydroxylation sites is 3. The van der Waals surface area contributed by atoms with Crippen LogP contribution >= 0.6 is 0 Å². The SMILES string of the molecule is CC1(C)c2ccccc2-c2nc(-c3ccccc3)nc(-c3ccccc3-n3c4ccccc4c4ccc5c6ccccc6oc5c43)c21. The Kier molecular flexibility index (Phi) is 5.31. The van der Waals surface area contributed by atoms with E-state index < -0.39 is 0 Å². The molecule has 1 aliphatic rings. The van der Waals surface area contributed by atoms with E-state index in [1.165, 1.54) is 16.5 Å². The number of fused-ring (bicyclic) bond motifs is 10. The Balaban J connectivity index is 1.35. The van der Waals surface area contributed by atoms with Gasteiger partial charge in [0, 0.05) is 49.2 Å². The smallest absolute Gasteiger partial charge is 0.160 e. The Morgan fingerprint density at radius 1 is 0.553 bits per heavy atom. The Hall–Kier alpha value is -6.00. The third kappa shape index (κ3) is 3.58. The topological polar surface area (TPSA) is 43.9 Å². The second-order valence-electron chi connectivity index (χ2n) is 13.0. The Bertz CT molecular complexity index is 2710. The van der Waals surface area contributed by atoms with Crippen LogP contribution in [0.1, 0.15) is 25.0 Å². The molecule has 0 spiro atoms. The van der Waals surface area contributed by atoms with Crippen molar-refractivity contribution >= 4 is 43.7 Å². The number of hydrogen-bond donors (Lipinski definition) is 0. The highest BCUT2D eigenvalue weighted by Gasteiger charge is 2.40. The molecule has 0 unspecified atom stereocenters. The molecule has 3 aromatic heterocycles. The zero-order valence-electron chi connectivity index (χ0n) is 26.0. The molecular formula is C43H29N3O. The summed E-state index contributed by atoms with van der Waals surface area (Å²) in [5.74, 6) is 0.726. The van der Waals surface area contributed by atoms with Gasteiger partial charge in [-0.25, -0.2) is 9.97 Å². The fraction of sp³-hybridized carbons (Fsp3) is 0.0698. The molecule has 0 amide bonds. The van der Waals surface area contributed by atoms with Gasteiger partial charge in [0.05, 0.1) is 28.1 Å². The zero-order chi connectivity index (χ0) is 31.3. The van der Waals surface area contributed by atoms with Gasteiger partial charge >= 0.3 is 0 Å². The quantitative estimate of drug-likeness (QED) is 0.202. The summed E-state index contributed by atoms with van der Waals surface area (Å²) in [7, 11) is 0. The van der Waals surface area contributed by atoms with Crippen molar-refractivity contribution in [3.8, 4) is 39.6 Å². The summed E-state index contributed by atoms with van der Waals surface area (Å²) < 4.78 is 9.07. The molecule has 0 saturated heterocycles. The molecular weight excluding hydrogens is 574 g/mol. The van der Waals surface area contributed by atoms with Gasteiger partial charge in [-0.15, -0.1) is 0 Å². The number of furan rings is 1. The van der Waals surface area contributed by atoms with Gasteiger partial charge in [-0.2, -0.15) is 0 Å². The van der Waals surface area contributed by atoms with E-state index in [0.717, 1.165) is 77.9 Å².